The van der Waals surface area contributed by atoms with Gasteiger partial charge < -0.3 is 5.73 Å². The van der Waals surface area contributed by atoms with E-state index in [4.69, 9.17) is 5.73 Å². The molecule has 0 saturated carbocycles. The van der Waals surface area contributed by atoms with Gasteiger partial charge in [0.2, 0.25) is 0 Å². The van der Waals surface area contributed by atoms with E-state index in [2.05, 4.69) is 0 Å². The third-order valence-electron chi connectivity index (χ3n) is 3.21. The molecule has 88 valence electrons. The Bertz CT molecular complexity index is 319. The van der Waals surface area contributed by atoms with E-state index in [1.165, 1.54) is 0 Å². The summed E-state index contributed by atoms with van der Waals surface area (Å²) in [5.41, 5.74) is 7.40. The molecule has 1 saturated heterocycles. The fourth-order valence-electron chi connectivity index (χ4n) is 2.12. The largest absolute Gasteiger partial charge is 0.326 e. The normalized spacial score (nSPS) is 19.6. The molecule has 1 aromatic rings. The van der Waals surface area contributed by atoms with E-state index >= 15 is 0 Å². The summed E-state index contributed by atoms with van der Waals surface area (Å²) < 4.78 is 14.2. The van der Waals surface area contributed by atoms with Crippen molar-refractivity contribution in [2.75, 3.05) is 11.5 Å². The molecule has 1 nitrogen and oxygen atoms in total. The van der Waals surface area contributed by atoms with Crippen molar-refractivity contribution in [1.29, 1.82) is 0 Å². The van der Waals surface area contributed by atoms with E-state index in [0.29, 0.717) is 6.54 Å². The molecule has 16 heavy (non-hydrogen) atoms. The van der Waals surface area contributed by atoms with Gasteiger partial charge in [-0.3, -0.25) is 0 Å². The van der Waals surface area contributed by atoms with E-state index in [0.717, 1.165) is 35.5 Å². The number of thioether (sulfide) groups is 1. The summed E-state index contributed by atoms with van der Waals surface area (Å²) >= 11 is 1.93. The van der Waals surface area contributed by atoms with Crippen LogP contribution >= 0.6 is 11.8 Å². The van der Waals surface area contributed by atoms with Gasteiger partial charge in [-0.25, -0.2) is 4.39 Å². The van der Waals surface area contributed by atoms with E-state index in [1.54, 1.807) is 0 Å². The fourth-order valence-corrected chi connectivity index (χ4v) is 3.26. The van der Waals surface area contributed by atoms with Crippen molar-refractivity contribution in [2.45, 2.75) is 25.6 Å². The van der Waals surface area contributed by atoms with Crippen LogP contribution in [0.1, 0.15) is 30.1 Å². The van der Waals surface area contributed by atoms with Gasteiger partial charge in [-0.1, -0.05) is 24.3 Å². The zero-order valence-corrected chi connectivity index (χ0v) is 10.2. The number of hydrogen-bond donors (Lipinski definition) is 1. The number of hydrogen-bond acceptors (Lipinski definition) is 2. The van der Waals surface area contributed by atoms with Gasteiger partial charge in [0.1, 0.15) is 6.17 Å². The molecule has 1 unspecified atom stereocenters. The first-order valence-electron chi connectivity index (χ1n) is 5.82. The van der Waals surface area contributed by atoms with E-state index < -0.39 is 6.17 Å². The monoisotopic (exact) mass is 239 g/mol. The lowest BCUT2D eigenvalue weighted by molar-refractivity contribution is 0.219. The molecule has 0 amide bonds. The van der Waals surface area contributed by atoms with Gasteiger partial charge in [0.15, 0.2) is 0 Å². The fraction of sp³-hybridized carbons (Fsp3) is 0.538. The van der Waals surface area contributed by atoms with Crippen LogP contribution in [0.25, 0.3) is 0 Å². The maximum absolute atomic E-state index is 14.2. The van der Waals surface area contributed by atoms with Gasteiger partial charge in [-0.05, 0) is 41.4 Å². The Labute approximate surface area is 101 Å². The summed E-state index contributed by atoms with van der Waals surface area (Å²) in [5.74, 6) is 2.42. The van der Waals surface area contributed by atoms with Crippen molar-refractivity contribution in [3.05, 3.63) is 35.4 Å². The van der Waals surface area contributed by atoms with Crippen molar-refractivity contribution in [2.24, 2.45) is 11.7 Å². The molecule has 1 fully saturated rings. The molecule has 1 aromatic carbocycles. The van der Waals surface area contributed by atoms with Crippen molar-refractivity contribution >= 4 is 11.8 Å². The van der Waals surface area contributed by atoms with Crippen molar-refractivity contribution in [1.82, 2.24) is 0 Å². The van der Waals surface area contributed by atoms with Gasteiger partial charge in [-0.2, -0.15) is 11.8 Å². The predicted molar refractivity (Wildman–Crippen MR) is 68.2 cm³/mol. The first kappa shape index (κ1) is 11.9. The highest BCUT2D eigenvalue weighted by molar-refractivity contribution is 7.99. The summed E-state index contributed by atoms with van der Waals surface area (Å²) in [6.07, 6.45) is 1.21. The highest BCUT2D eigenvalue weighted by atomic mass is 32.2. The lowest BCUT2D eigenvalue weighted by Crippen LogP contribution is -2.15. The topological polar surface area (TPSA) is 26.0 Å². The lowest BCUT2D eigenvalue weighted by Gasteiger charge is -2.25. The standard InChI is InChI=1S/C13H18FNS/c14-13(12-5-7-16-8-6-12)11-3-1-10(9-15)2-4-11/h1-4,12-13H,5-9,15H2. The summed E-state index contributed by atoms with van der Waals surface area (Å²) in [4.78, 5) is 0. The second kappa shape index (κ2) is 5.69. The van der Waals surface area contributed by atoms with Gasteiger partial charge in [0, 0.05) is 6.54 Å². The molecule has 2 N–H and O–H groups in total. The maximum Gasteiger partial charge on any atom is 0.128 e. The van der Waals surface area contributed by atoms with Crippen molar-refractivity contribution < 1.29 is 4.39 Å². The van der Waals surface area contributed by atoms with Gasteiger partial charge in [0.25, 0.3) is 0 Å². The Morgan fingerprint density at radius 1 is 1.25 bits per heavy atom. The third kappa shape index (κ3) is 2.77. The summed E-state index contributed by atoms with van der Waals surface area (Å²) in [6.45, 7) is 0.525. The van der Waals surface area contributed by atoms with Crippen LogP contribution in [0.15, 0.2) is 24.3 Å². The smallest absolute Gasteiger partial charge is 0.128 e. The van der Waals surface area contributed by atoms with Crippen LogP contribution < -0.4 is 5.73 Å². The average molecular weight is 239 g/mol. The van der Waals surface area contributed by atoms with E-state index in [9.17, 15) is 4.39 Å². The minimum absolute atomic E-state index is 0.213. The molecule has 0 aliphatic carbocycles. The predicted octanol–water partition coefficient (Wildman–Crippen LogP) is 3.30. The lowest BCUT2D eigenvalue weighted by atomic mass is 9.92. The molecule has 0 radical (unpaired) electrons. The SMILES string of the molecule is NCc1ccc(C(F)C2CCSCC2)cc1. The summed E-state index contributed by atoms with van der Waals surface area (Å²) in [5, 5.41) is 0. The van der Waals surface area contributed by atoms with Gasteiger partial charge in [0.05, 0.1) is 0 Å². The number of rotatable bonds is 3. The van der Waals surface area contributed by atoms with Crippen LogP contribution in [-0.2, 0) is 6.54 Å². The first-order valence-corrected chi connectivity index (χ1v) is 6.97. The van der Waals surface area contributed by atoms with Crippen LogP contribution in [-0.4, -0.2) is 11.5 Å². The molecular weight excluding hydrogens is 221 g/mol. The number of nitrogens with two attached hydrogens (primary N) is 1. The van der Waals surface area contributed by atoms with Crippen LogP contribution in [0.3, 0.4) is 0 Å². The molecule has 1 aliphatic heterocycles. The van der Waals surface area contributed by atoms with Crippen LogP contribution in [0.4, 0.5) is 4.39 Å². The molecule has 1 aliphatic rings. The Hall–Kier alpha value is -0.540. The number of alkyl halides is 1. The second-order valence-electron chi connectivity index (χ2n) is 4.30. The highest BCUT2D eigenvalue weighted by Crippen LogP contribution is 2.35. The minimum atomic E-state index is -0.798. The maximum atomic E-state index is 14.2. The van der Waals surface area contributed by atoms with Crippen molar-refractivity contribution in [3.8, 4) is 0 Å². The molecule has 1 heterocycles. The van der Waals surface area contributed by atoms with Crippen molar-refractivity contribution in [3.63, 3.8) is 0 Å². The molecule has 3 heteroatoms. The second-order valence-corrected chi connectivity index (χ2v) is 5.52. The van der Waals surface area contributed by atoms with E-state index in [-0.39, 0.29) is 5.92 Å². The molecule has 0 spiro atoms. The summed E-state index contributed by atoms with van der Waals surface area (Å²) in [6, 6.07) is 7.63. The Morgan fingerprint density at radius 2 is 1.88 bits per heavy atom. The Kier molecular flexibility index (Phi) is 4.24. The zero-order valence-electron chi connectivity index (χ0n) is 9.36. The van der Waals surface area contributed by atoms with Crippen LogP contribution in [0, 0.1) is 5.92 Å². The minimum Gasteiger partial charge on any atom is -0.326 e. The molecule has 0 bridgehead atoms. The highest BCUT2D eigenvalue weighted by Gasteiger charge is 2.24. The summed E-state index contributed by atoms with van der Waals surface area (Å²) in [7, 11) is 0. The molecule has 2 rings (SSSR count). The number of halogens is 1. The molecular formula is C13H18FNS. The third-order valence-corrected chi connectivity index (χ3v) is 4.26. The average Bonchev–Trinajstić information content (AvgIpc) is 2.39. The first-order chi connectivity index (χ1) is 7.81. The number of benzene rings is 1. The van der Waals surface area contributed by atoms with Crippen LogP contribution in [0.5, 0.6) is 0 Å². The van der Waals surface area contributed by atoms with Gasteiger partial charge in [-0.15, -0.1) is 0 Å². The van der Waals surface area contributed by atoms with Gasteiger partial charge >= 0.3 is 0 Å². The zero-order chi connectivity index (χ0) is 11.4. The Balaban J connectivity index is 2.04. The molecule has 1 atom stereocenters. The Morgan fingerprint density at radius 3 is 2.44 bits per heavy atom. The molecule has 0 aromatic heterocycles. The quantitative estimate of drug-likeness (QED) is 0.876. The van der Waals surface area contributed by atoms with E-state index in [1.807, 2.05) is 36.0 Å². The van der Waals surface area contributed by atoms with Crippen LogP contribution in [0.2, 0.25) is 0 Å².